The molecule has 158 valence electrons. The molecule has 0 unspecified atom stereocenters. The maximum absolute atomic E-state index is 11.9. The highest BCUT2D eigenvalue weighted by Crippen LogP contribution is 2.72. The number of aliphatic hydroxyl groups is 4. The Morgan fingerprint density at radius 3 is 2.46 bits per heavy atom. The van der Waals surface area contributed by atoms with Crippen molar-refractivity contribution in [1.29, 1.82) is 0 Å². The molecule has 4 aliphatic rings. The minimum absolute atomic E-state index is 0.0491. The lowest BCUT2D eigenvalue weighted by atomic mass is 9.39. The normalized spacial score (nSPS) is 55.4. The second-order valence-corrected chi connectivity index (χ2v) is 10.4. The van der Waals surface area contributed by atoms with E-state index in [-0.39, 0.29) is 29.3 Å². The number of fused-ring (bicyclic) bond motifs is 3. The molecule has 0 aromatic heterocycles. The summed E-state index contributed by atoms with van der Waals surface area (Å²) in [6.45, 7) is 9.71. The van der Waals surface area contributed by atoms with Crippen molar-refractivity contribution in [3.8, 4) is 0 Å². The SMILES string of the molecule is C=C1[C@H]2[C@@H](O)[C@]3([C@H](O)C[C@@H]4[C@@](C)(CO)CCC[C@@]4(C)[C@@H]3C[C@@H]2O)[C@@H]1OC(C)=O. The largest absolute Gasteiger partial charge is 0.457 e. The molecule has 0 amide bonds. The van der Waals surface area contributed by atoms with Crippen molar-refractivity contribution in [3.05, 3.63) is 12.2 Å². The first-order valence-corrected chi connectivity index (χ1v) is 10.5. The fraction of sp³-hybridized carbons (Fsp3) is 0.864. The van der Waals surface area contributed by atoms with E-state index in [4.69, 9.17) is 4.74 Å². The lowest BCUT2D eigenvalue weighted by Gasteiger charge is -2.67. The Bertz CT molecular complexity index is 693. The Kier molecular flexibility index (Phi) is 4.55. The summed E-state index contributed by atoms with van der Waals surface area (Å²) in [5, 5.41) is 43.9. The standard InChI is InChI=1S/C22H34O6/c1-11-17-13(25)8-15-21(4)7-5-6-20(3,10-23)14(21)9-16(26)22(15,18(17)27)19(11)28-12(2)24/h13-19,23,25-27H,1,5-10H2,2-4H3/t13-,14+,15-,16+,17+,18+,19+,20+,21+,22-/m0/s1. The summed E-state index contributed by atoms with van der Waals surface area (Å²) >= 11 is 0. The molecule has 1 spiro atoms. The Hall–Kier alpha value is -0.950. The first-order chi connectivity index (χ1) is 13.0. The molecule has 0 saturated heterocycles. The summed E-state index contributed by atoms with van der Waals surface area (Å²) in [5.41, 5.74) is -1.13. The number of esters is 1. The van der Waals surface area contributed by atoms with Crippen LogP contribution in [0.2, 0.25) is 0 Å². The van der Waals surface area contributed by atoms with Crippen LogP contribution in [0.25, 0.3) is 0 Å². The molecule has 0 radical (unpaired) electrons. The Balaban J connectivity index is 1.88. The molecule has 4 aliphatic carbocycles. The van der Waals surface area contributed by atoms with Crippen molar-refractivity contribution in [3.63, 3.8) is 0 Å². The van der Waals surface area contributed by atoms with E-state index in [1.807, 2.05) is 0 Å². The molecule has 0 aliphatic heterocycles. The van der Waals surface area contributed by atoms with E-state index in [2.05, 4.69) is 20.4 Å². The second-order valence-electron chi connectivity index (χ2n) is 10.4. The molecule has 28 heavy (non-hydrogen) atoms. The number of hydrogen-bond donors (Lipinski definition) is 4. The number of carbonyl (C=O) groups is 1. The highest BCUT2D eigenvalue weighted by Gasteiger charge is 2.76. The molecule has 6 nitrogen and oxygen atoms in total. The van der Waals surface area contributed by atoms with Crippen LogP contribution in [0.4, 0.5) is 0 Å². The molecule has 10 atom stereocenters. The van der Waals surface area contributed by atoms with Gasteiger partial charge in [-0.2, -0.15) is 0 Å². The predicted molar refractivity (Wildman–Crippen MR) is 102 cm³/mol. The zero-order valence-corrected chi connectivity index (χ0v) is 17.1. The van der Waals surface area contributed by atoms with E-state index in [0.717, 1.165) is 19.3 Å². The highest BCUT2D eigenvalue weighted by atomic mass is 16.5. The van der Waals surface area contributed by atoms with Crippen molar-refractivity contribution in [2.75, 3.05) is 6.61 Å². The average molecular weight is 395 g/mol. The molecule has 0 aromatic carbocycles. The number of aliphatic hydroxyl groups excluding tert-OH is 4. The van der Waals surface area contributed by atoms with Crippen molar-refractivity contribution < 1.29 is 30.0 Å². The monoisotopic (exact) mass is 394 g/mol. The van der Waals surface area contributed by atoms with E-state index in [9.17, 15) is 25.2 Å². The average Bonchev–Trinajstić information content (AvgIpc) is 2.75. The summed E-state index contributed by atoms with van der Waals surface area (Å²) in [6.07, 6.45) is 0.121. The van der Waals surface area contributed by atoms with Crippen molar-refractivity contribution in [2.24, 2.45) is 34.0 Å². The van der Waals surface area contributed by atoms with Gasteiger partial charge in [-0.05, 0) is 53.9 Å². The van der Waals surface area contributed by atoms with Gasteiger partial charge in [0.2, 0.25) is 0 Å². The zero-order valence-electron chi connectivity index (χ0n) is 17.1. The Morgan fingerprint density at radius 1 is 1.18 bits per heavy atom. The van der Waals surface area contributed by atoms with Gasteiger partial charge in [-0.3, -0.25) is 4.79 Å². The van der Waals surface area contributed by atoms with Gasteiger partial charge in [0.05, 0.1) is 23.7 Å². The summed E-state index contributed by atoms with van der Waals surface area (Å²) in [5.74, 6) is -1.24. The maximum Gasteiger partial charge on any atom is 0.303 e. The van der Waals surface area contributed by atoms with Crippen LogP contribution < -0.4 is 0 Å². The third kappa shape index (κ3) is 2.26. The molecule has 4 rings (SSSR count). The lowest BCUT2D eigenvalue weighted by molar-refractivity contribution is -0.269. The van der Waals surface area contributed by atoms with Crippen LogP contribution in [-0.2, 0) is 9.53 Å². The number of ether oxygens (including phenoxy) is 1. The van der Waals surface area contributed by atoms with Crippen LogP contribution in [-0.4, -0.2) is 57.4 Å². The van der Waals surface area contributed by atoms with E-state index in [1.165, 1.54) is 6.92 Å². The molecule has 4 N–H and O–H groups in total. The van der Waals surface area contributed by atoms with Crippen LogP contribution in [0.15, 0.2) is 12.2 Å². The number of hydrogen-bond acceptors (Lipinski definition) is 6. The van der Waals surface area contributed by atoms with Gasteiger partial charge < -0.3 is 25.2 Å². The van der Waals surface area contributed by atoms with Gasteiger partial charge in [0.25, 0.3) is 0 Å². The highest BCUT2D eigenvalue weighted by molar-refractivity contribution is 5.67. The van der Waals surface area contributed by atoms with Gasteiger partial charge in [0, 0.05) is 19.4 Å². The first kappa shape index (κ1) is 20.3. The molecular formula is C22H34O6. The van der Waals surface area contributed by atoms with Crippen LogP contribution in [0.1, 0.15) is 52.9 Å². The van der Waals surface area contributed by atoms with E-state index >= 15 is 0 Å². The topological polar surface area (TPSA) is 107 Å². The molecule has 6 heteroatoms. The quantitative estimate of drug-likeness (QED) is 0.417. The number of carbonyl (C=O) groups excluding carboxylic acids is 1. The summed E-state index contributed by atoms with van der Waals surface area (Å²) in [6, 6.07) is 0. The third-order valence-corrected chi connectivity index (χ3v) is 9.14. The van der Waals surface area contributed by atoms with E-state index in [0.29, 0.717) is 18.4 Å². The Morgan fingerprint density at radius 2 is 1.86 bits per heavy atom. The van der Waals surface area contributed by atoms with Gasteiger partial charge >= 0.3 is 5.97 Å². The molecule has 4 saturated carbocycles. The number of rotatable bonds is 2. The summed E-state index contributed by atoms with van der Waals surface area (Å²) in [4.78, 5) is 11.9. The molecule has 2 bridgehead atoms. The van der Waals surface area contributed by atoms with Crippen molar-refractivity contribution >= 4 is 5.97 Å². The minimum Gasteiger partial charge on any atom is -0.457 e. The zero-order chi connectivity index (χ0) is 20.6. The van der Waals surface area contributed by atoms with Crippen LogP contribution in [0.5, 0.6) is 0 Å². The summed E-state index contributed by atoms with van der Waals surface area (Å²) in [7, 11) is 0. The van der Waals surface area contributed by atoms with Gasteiger partial charge in [-0.25, -0.2) is 0 Å². The molecule has 0 heterocycles. The van der Waals surface area contributed by atoms with Crippen LogP contribution >= 0.6 is 0 Å². The fourth-order valence-electron chi connectivity index (χ4n) is 8.00. The van der Waals surface area contributed by atoms with Crippen molar-refractivity contribution in [1.82, 2.24) is 0 Å². The van der Waals surface area contributed by atoms with Crippen LogP contribution in [0, 0.1) is 34.0 Å². The summed E-state index contributed by atoms with van der Waals surface area (Å²) < 4.78 is 5.67. The first-order valence-electron chi connectivity index (χ1n) is 10.5. The van der Waals surface area contributed by atoms with E-state index < -0.39 is 41.7 Å². The Labute approximate surface area is 166 Å². The minimum atomic E-state index is -1.05. The van der Waals surface area contributed by atoms with Gasteiger partial charge in [-0.1, -0.05) is 26.8 Å². The second kappa shape index (κ2) is 6.27. The molecule has 4 fully saturated rings. The maximum atomic E-state index is 11.9. The van der Waals surface area contributed by atoms with Crippen LogP contribution in [0.3, 0.4) is 0 Å². The van der Waals surface area contributed by atoms with Crippen molar-refractivity contribution in [2.45, 2.75) is 77.3 Å². The van der Waals surface area contributed by atoms with Gasteiger partial charge in [-0.15, -0.1) is 0 Å². The molecular weight excluding hydrogens is 360 g/mol. The van der Waals surface area contributed by atoms with Gasteiger partial charge in [0.15, 0.2) is 0 Å². The smallest absolute Gasteiger partial charge is 0.303 e. The third-order valence-electron chi connectivity index (χ3n) is 9.14. The van der Waals surface area contributed by atoms with Gasteiger partial charge in [0.1, 0.15) is 6.10 Å². The lowest BCUT2D eigenvalue weighted by Crippen LogP contribution is -2.69. The fourth-order valence-corrected chi connectivity index (χ4v) is 8.00. The predicted octanol–water partition coefficient (Wildman–Crippen LogP) is 1.40. The van der Waals surface area contributed by atoms with E-state index in [1.54, 1.807) is 0 Å². The molecule has 0 aromatic rings.